The Bertz CT molecular complexity index is 1350. The number of halogens is 2. The van der Waals surface area contributed by atoms with E-state index in [0.717, 1.165) is 11.8 Å². The number of carbonyl (C=O) groups excluding carboxylic acids is 1. The Kier molecular flexibility index (Phi) is 6.90. The SMILES string of the molecule is O=C(CSc1nc2ccccc2c(=O)n1-c1ccccc1)N/N=C\c1c(Cl)cccc1Cl. The van der Waals surface area contributed by atoms with Crippen LogP contribution in [0.4, 0.5) is 0 Å². The maximum atomic E-state index is 13.1. The Morgan fingerprint density at radius 1 is 1.00 bits per heavy atom. The van der Waals surface area contributed by atoms with Crippen molar-refractivity contribution in [1.29, 1.82) is 0 Å². The molecular formula is C23H16Cl2N4O2S. The van der Waals surface area contributed by atoms with Crippen molar-refractivity contribution in [1.82, 2.24) is 15.0 Å². The van der Waals surface area contributed by atoms with Crippen LogP contribution in [0.2, 0.25) is 10.0 Å². The molecule has 9 heteroatoms. The maximum Gasteiger partial charge on any atom is 0.266 e. The van der Waals surface area contributed by atoms with Crippen LogP contribution in [0.3, 0.4) is 0 Å². The highest BCUT2D eigenvalue weighted by Gasteiger charge is 2.14. The third-order valence-corrected chi connectivity index (χ3v) is 6.07. The van der Waals surface area contributed by atoms with E-state index >= 15 is 0 Å². The predicted molar refractivity (Wildman–Crippen MR) is 130 cm³/mol. The Labute approximate surface area is 197 Å². The second-order valence-electron chi connectivity index (χ2n) is 6.60. The maximum absolute atomic E-state index is 13.1. The third kappa shape index (κ3) is 4.85. The highest BCUT2D eigenvalue weighted by atomic mass is 35.5. The highest BCUT2D eigenvalue weighted by Crippen LogP contribution is 2.23. The number of thioether (sulfide) groups is 1. The van der Waals surface area contributed by atoms with Crippen molar-refractivity contribution in [3.05, 3.63) is 98.8 Å². The molecule has 0 atom stereocenters. The number of carbonyl (C=O) groups is 1. The molecule has 3 aromatic carbocycles. The second kappa shape index (κ2) is 9.99. The first-order chi connectivity index (χ1) is 15.5. The van der Waals surface area contributed by atoms with E-state index in [-0.39, 0.29) is 17.2 Å². The molecular weight excluding hydrogens is 467 g/mol. The number of benzene rings is 3. The summed E-state index contributed by atoms with van der Waals surface area (Å²) >= 11 is 13.3. The summed E-state index contributed by atoms with van der Waals surface area (Å²) in [5.74, 6) is -0.359. The van der Waals surface area contributed by atoms with E-state index in [9.17, 15) is 9.59 Å². The first-order valence-corrected chi connectivity index (χ1v) is 11.2. The van der Waals surface area contributed by atoms with E-state index in [0.29, 0.717) is 37.4 Å². The zero-order valence-electron chi connectivity index (χ0n) is 16.5. The molecule has 0 saturated carbocycles. The standard InChI is InChI=1S/C23H16Cl2N4O2S/c24-18-10-6-11-19(25)17(18)13-26-28-21(30)14-32-23-27-20-12-5-4-9-16(20)22(31)29(23)15-7-2-1-3-8-15/h1-13H,14H2,(H,28,30)/b26-13-. The van der Waals surface area contributed by atoms with Crippen LogP contribution >= 0.6 is 35.0 Å². The molecule has 0 aliphatic heterocycles. The van der Waals surface area contributed by atoms with E-state index in [4.69, 9.17) is 23.2 Å². The topological polar surface area (TPSA) is 76.3 Å². The predicted octanol–water partition coefficient (Wildman–Crippen LogP) is 4.93. The minimum atomic E-state index is -0.364. The minimum Gasteiger partial charge on any atom is -0.272 e. The molecule has 1 amide bonds. The molecule has 1 N–H and O–H groups in total. The van der Waals surface area contributed by atoms with Gasteiger partial charge < -0.3 is 0 Å². The van der Waals surface area contributed by atoms with Crippen molar-refractivity contribution in [3.8, 4) is 5.69 Å². The summed E-state index contributed by atoms with van der Waals surface area (Å²) in [5, 5.41) is 5.70. The molecule has 0 unspecified atom stereocenters. The lowest BCUT2D eigenvalue weighted by Gasteiger charge is -2.12. The number of hydrogen-bond acceptors (Lipinski definition) is 5. The van der Waals surface area contributed by atoms with Gasteiger partial charge >= 0.3 is 0 Å². The molecule has 1 heterocycles. The van der Waals surface area contributed by atoms with Gasteiger partial charge in [-0.1, -0.05) is 71.4 Å². The molecule has 0 saturated heterocycles. The number of para-hydroxylation sites is 2. The number of aromatic nitrogens is 2. The lowest BCUT2D eigenvalue weighted by molar-refractivity contribution is -0.118. The number of hydrogen-bond donors (Lipinski definition) is 1. The van der Waals surface area contributed by atoms with Crippen molar-refractivity contribution in [2.45, 2.75) is 5.16 Å². The molecule has 4 aromatic rings. The van der Waals surface area contributed by atoms with Crippen LogP contribution in [-0.2, 0) is 4.79 Å². The Hall–Kier alpha value is -3.13. The van der Waals surface area contributed by atoms with Crippen LogP contribution in [0, 0.1) is 0 Å². The smallest absolute Gasteiger partial charge is 0.266 e. The van der Waals surface area contributed by atoms with Gasteiger partial charge in [-0.3, -0.25) is 14.2 Å². The summed E-state index contributed by atoms with van der Waals surface area (Å²) in [5.41, 5.74) is 4.00. The summed E-state index contributed by atoms with van der Waals surface area (Å²) < 4.78 is 1.51. The number of fused-ring (bicyclic) bond motifs is 1. The molecule has 0 spiro atoms. The van der Waals surface area contributed by atoms with E-state index < -0.39 is 0 Å². The molecule has 4 rings (SSSR count). The zero-order chi connectivity index (χ0) is 22.5. The van der Waals surface area contributed by atoms with Crippen LogP contribution in [0.5, 0.6) is 0 Å². The first-order valence-electron chi connectivity index (χ1n) is 9.50. The van der Waals surface area contributed by atoms with Crippen molar-refractivity contribution >= 4 is 58.0 Å². The lowest BCUT2D eigenvalue weighted by Crippen LogP contribution is -2.24. The molecule has 160 valence electrons. The average molecular weight is 483 g/mol. The second-order valence-corrected chi connectivity index (χ2v) is 8.36. The van der Waals surface area contributed by atoms with Gasteiger partial charge in [0.15, 0.2) is 5.16 Å². The van der Waals surface area contributed by atoms with E-state index in [1.807, 2.05) is 36.4 Å². The lowest BCUT2D eigenvalue weighted by atomic mass is 10.2. The fourth-order valence-corrected chi connectivity index (χ4v) is 4.28. The Balaban J connectivity index is 1.56. The molecule has 32 heavy (non-hydrogen) atoms. The molecule has 0 fully saturated rings. The normalized spacial score (nSPS) is 11.2. The van der Waals surface area contributed by atoms with E-state index in [1.165, 1.54) is 10.8 Å². The van der Waals surface area contributed by atoms with Crippen LogP contribution in [0.1, 0.15) is 5.56 Å². The van der Waals surface area contributed by atoms with Crippen LogP contribution < -0.4 is 11.0 Å². The van der Waals surface area contributed by atoms with Crippen LogP contribution in [0.15, 0.2) is 87.8 Å². The molecule has 0 radical (unpaired) electrons. The fourth-order valence-electron chi connectivity index (χ4n) is 2.98. The number of nitrogens with one attached hydrogen (secondary N) is 1. The van der Waals surface area contributed by atoms with E-state index in [2.05, 4.69) is 15.5 Å². The van der Waals surface area contributed by atoms with Crippen molar-refractivity contribution < 1.29 is 4.79 Å². The summed E-state index contributed by atoms with van der Waals surface area (Å²) in [4.78, 5) is 30.1. The van der Waals surface area contributed by atoms with Crippen LogP contribution in [0.25, 0.3) is 16.6 Å². The van der Waals surface area contributed by atoms with Gasteiger partial charge in [0.1, 0.15) is 0 Å². The van der Waals surface area contributed by atoms with Crippen molar-refractivity contribution in [2.75, 3.05) is 5.75 Å². The van der Waals surface area contributed by atoms with Gasteiger partial charge in [-0.15, -0.1) is 0 Å². The van der Waals surface area contributed by atoms with Gasteiger partial charge in [-0.25, -0.2) is 10.4 Å². The van der Waals surface area contributed by atoms with Crippen molar-refractivity contribution in [3.63, 3.8) is 0 Å². The van der Waals surface area contributed by atoms with Gasteiger partial charge in [0, 0.05) is 5.56 Å². The molecule has 0 aliphatic rings. The van der Waals surface area contributed by atoms with Gasteiger partial charge in [0.05, 0.1) is 38.6 Å². The summed E-state index contributed by atoms with van der Waals surface area (Å²) in [6, 6.07) is 21.4. The van der Waals surface area contributed by atoms with Crippen molar-refractivity contribution in [2.24, 2.45) is 5.10 Å². The summed E-state index contributed by atoms with van der Waals surface area (Å²) in [6.45, 7) is 0. The summed E-state index contributed by atoms with van der Waals surface area (Å²) in [7, 11) is 0. The average Bonchev–Trinajstić information content (AvgIpc) is 2.80. The van der Waals surface area contributed by atoms with E-state index in [1.54, 1.807) is 36.4 Å². The number of hydrazone groups is 1. The van der Waals surface area contributed by atoms with Gasteiger partial charge in [-0.2, -0.15) is 5.10 Å². The summed E-state index contributed by atoms with van der Waals surface area (Å²) in [6.07, 6.45) is 1.39. The molecule has 0 aliphatic carbocycles. The number of rotatable bonds is 6. The highest BCUT2D eigenvalue weighted by molar-refractivity contribution is 7.99. The largest absolute Gasteiger partial charge is 0.272 e. The van der Waals surface area contributed by atoms with Crippen LogP contribution in [-0.4, -0.2) is 27.4 Å². The van der Waals surface area contributed by atoms with Gasteiger partial charge in [0.2, 0.25) is 0 Å². The quantitative estimate of drug-likeness (QED) is 0.183. The van der Waals surface area contributed by atoms with Gasteiger partial charge in [0.25, 0.3) is 11.5 Å². The fraction of sp³-hybridized carbons (Fsp3) is 0.0435. The number of amides is 1. The monoisotopic (exact) mass is 482 g/mol. The Morgan fingerprint density at radius 2 is 1.69 bits per heavy atom. The minimum absolute atomic E-state index is 0.00517. The Morgan fingerprint density at radius 3 is 2.44 bits per heavy atom. The molecule has 1 aromatic heterocycles. The first kappa shape index (κ1) is 22.1. The third-order valence-electron chi connectivity index (χ3n) is 4.47. The molecule has 0 bridgehead atoms. The number of nitrogens with zero attached hydrogens (tertiary/aromatic N) is 3. The zero-order valence-corrected chi connectivity index (χ0v) is 18.9. The van der Waals surface area contributed by atoms with Gasteiger partial charge in [-0.05, 0) is 36.4 Å². The molecule has 6 nitrogen and oxygen atoms in total.